The Hall–Kier alpha value is -2.98. The fraction of sp³-hybridized carbons (Fsp3) is 0.348. The molecule has 0 spiro atoms. The van der Waals surface area contributed by atoms with Gasteiger partial charge in [0.2, 0.25) is 10.1 Å². The third-order valence-electron chi connectivity index (χ3n) is 5.37. The topological polar surface area (TPSA) is 65.8 Å². The van der Waals surface area contributed by atoms with Gasteiger partial charge in [-0.05, 0) is 56.5 Å². The lowest BCUT2D eigenvalue weighted by Gasteiger charge is -2.34. The first-order valence-electron chi connectivity index (χ1n) is 10.8. The number of nitrogens with zero attached hydrogens (tertiary/aromatic N) is 5. The molecule has 172 valence electrons. The molecule has 4 aromatic rings. The number of amides is 1. The summed E-state index contributed by atoms with van der Waals surface area (Å²) in [5.41, 5.74) is 1.38. The normalized spacial score (nSPS) is 14.8. The standard InChI is InChI=1S/C23H25FN6OS2/c1-23(2,3)26-19-18(15-6-8-16(24)9-7-15)25-21-30(19)27-22(33-21)29-12-10-28(11-13-29)20(31)17-5-4-14-32-17/h4-9,14,26H,10-13H2,1-3H3. The van der Waals surface area contributed by atoms with E-state index >= 15 is 0 Å². The number of benzene rings is 1. The van der Waals surface area contributed by atoms with E-state index in [2.05, 4.69) is 31.0 Å². The lowest BCUT2D eigenvalue weighted by atomic mass is 10.1. The number of aromatic nitrogens is 3. The first kappa shape index (κ1) is 21.8. The minimum Gasteiger partial charge on any atom is -0.364 e. The maximum absolute atomic E-state index is 13.5. The van der Waals surface area contributed by atoms with Crippen molar-refractivity contribution in [1.29, 1.82) is 0 Å². The van der Waals surface area contributed by atoms with Crippen molar-refractivity contribution in [3.05, 3.63) is 52.5 Å². The summed E-state index contributed by atoms with van der Waals surface area (Å²) >= 11 is 3.00. The van der Waals surface area contributed by atoms with Crippen molar-refractivity contribution in [2.45, 2.75) is 26.3 Å². The summed E-state index contributed by atoms with van der Waals surface area (Å²) in [5.74, 6) is 0.611. The zero-order valence-electron chi connectivity index (χ0n) is 18.7. The van der Waals surface area contributed by atoms with Gasteiger partial charge in [-0.15, -0.1) is 16.4 Å². The molecule has 1 aromatic carbocycles. The van der Waals surface area contributed by atoms with Gasteiger partial charge in [-0.25, -0.2) is 9.37 Å². The highest BCUT2D eigenvalue weighted by Crippen LogP contribution is 2.35. The number of hydrogen-bond donors (Lipinski definition) is 1. The van der Waals surface area contributed by atoms with Crippen LogP contribution in [0.2, 0.25) is 0 Å². The van der Waals surface area contributed by atoms with Gasteiger partial charge in [0, 0.05) is 37.3 Å². The highest BCUT2D eigenvalue weighted by atomic mass is 32.1. The quantitative estimate of drug-likeness (QED) is 0.449. The summed E-state index contributed by atoms with van der Waals surface area (Å²) in [7, 11) is 0. The van der Waals surface area contributed by atoms with Gasteiger partial charge in [-0.3, -0.25) is 4.79 Å². The van der Waals surface area contributed by atoms with Crippen LogP contribution in [-0.4, -0.2) is 57.1 Å². The van der Waals surface area contributed by atoms with Crippen molar-refractivity contribution in [2.75, 3.05) is 36.4 Å². The van der Waals surface area contributed by atoms with Crippen LogP contribution in [0.25, 0.3) is 16.2 Å². The zero-order chi connectivity index (χ0) is 23.2. The highest BCUT2D eigenvalue weighted by molar-refractivity contribution is 7.20. The molecule has 1 N–H and O–H groups in total. The zero-order valence-corrected chi connectivity index (χ0v) is 20.3. The average molecular weight is 485 g/mol. The van der Waals surface area contributed by atoms with Crippen LogP contribution in [0.3, 0.4) is 0 Å². The van der Waals surface area contributed by atoms with Crippen LogP contribution in [0.15, 0.2) is 41.8 Å². The van der Waals surface area contributed by atoms with Crippen molar-refractivity contribution < 1.29 is 9.18 Å². The molecule has 1 fully saturated rings. The van der Waals surface area contributed by atoms with Gasteiger partial charge in [0.1, 0.15) is 11.5 Å². The number of piperazine rings is 1. The number of halogens is 1. The van der Waals surface area contributed by atoms with E-state index in [1.807, 2.05) is 26.9 Å². The molecule has 0 atom stereocenters. The minimum absolute atomic E-state index is 0.0965. The molecule has 0 saturated carbocycles. The fourth-order valence-corrected chi connectivity index (χ4v) is 5.44. The smallest absolute Gasteiger partial charge is 0.264 e. The SMILES string of the molecule is CC(C)(C)Nc1c(-c2ccc(F)cc2)nc2sc(N3CCN(C(=O)c4cccs4)CC3)nn12. The molecule has 0 radical (unpaired) electrons. The molecule has 7 nitrogen and oxygen atoms in total. The van der Waals surface area contributed by atoms with Gasteiger partial charge in [0.05, 0.1) is 4.88 Å². The summed E-state index contributed by atoms with van der Waals surface area (Å²) in [5, 5.41) is 11.2. The first-order chi connectivity index (χ1) is 15.8. The second-order valence-electron chi connectivity index (χ2n) is 9.03. The number of imidazole rings is 1. The number of fused-ring (bicyclic) bond motifs is 1. The lowest BCUT2D eigenvalue weighted by molar-refractivity contribution is 0.0751. The van der Waals surface area contributed by atoms with Crippen LogP contribution in [-0.2, 0) is 0 Å². The number of rotatable bonds is 4. The monoisotopic (exact) mass is 484 g/mol. The number of nitrogens with one attached hydrogen (secondary N) is 1. The average Bonchev–Trinajstić information content (AvgIpc) is 3.51. The van der Waals surface area contributed by atoms with Crippen LogP contribution < -0.4 is 10.2 Å². The molecule has 0 aliphatic carbocycles. The van der Waals surface area contributed by atoms with Crippen molar-refractivity contribution in [2.24, 2.45) is 0 Å². The number of carbonyl (C=O) groups excluding carboxylic acids is 1. The molecule has 33 heavy (non-hydrogen) atoms. The Morgan fingerprint density at radius 1 is 1.09 bits per heavy atom. The molecule has 0 unspecified atom stereocenters. The van der Waals surface area contributed by atoms with Gasteiger partial charge in [0.25, 0.3) is 5.91 Å². The Bertz CT molecular complexity index is 1270. The summed E-state index contributed by atoms with van der Waals surface area (Å²) < 4.78 is 15.3. The Kier molecular flexibility index (Phi) is 5.57. The van der Waals surface area contributed by atoms with Crippen molar-refractivity contribution in [1.82, 2.24) is 19.5 Å². The number of thiophene rings is 1. The van der Waals surface area contributed by atoms with E-state index in [0.717, 1.165) is 45.1 Å². The van der Waals surface area contributed by atoms with Crippen molar-refractivity contribution >= 4 is 44.5 Å². The Labute approximate surface area is 199 Å². The van der Waals surface area contributed by atoms with Gasteiger partial charge < -0.3 is 15.1 Å². The maximum Gasteiger partial charge on any atom is 0.264 e. The van der Waals surface area contributed by atoms with E-state index in [9.17, 15) is 9.18 Å². The molecular weight excluding hydrogens is 459 g/mol. The van der Waals surface area contributed by atoms with Crippen LogP contribution in [0, 0.1) is 5.82 Å². The Morgan fingerprint density at radius 3 is 2.45 bits per heavy atom. The number of hydrogen-bond acceptors (Lipinski definition) is 7. The molecule has 5 rings (SSSR count). The van der Waals surface area contributed by atoms with E-state index < -0.39 is 0 Å². The molecule has 10 heteroatoms. The second-order valence-corrected chi connectivity index (χ2v) is 10.9. The minimum atomic E-state index is -0.276. The third-order valence-corrected chi connectivity index (χ3v) is 7.20. The van der Waals surface area contributed by atoms with E-state index in [1.165, 1.54) is 34.8 Å². The Balaban J connectivity index is 1.40. The first-order valence-corrected chi connectivity index (χ1v) is 12.5. The summed E-state index contributed by atoms with van der Waals surface area (Å²) in [6.45, 7) is 9.01. The van der Waals surface area contributed by atoms with E-state index in [1.54, 1.807) is 12.1 Å². The maximum atomic E-state index is 13.5. The molecule has 0 bridgehead atoms. The molecule has 1 aliphatic rings. The number of carbonyl (C=O) groups is 1. The Morgan fingerprint density at radius 2 is 1.82 bits per heavy atom. The van der Waals surface area contributed by atoms with E-state index in [-0.39, 0.29) is 17.3 Å². The van der Waals surface area contributed by atoms with Gasteiger partial charge in [0.15, 0.2) is 5.82 Å². The van der Waals surface area contributed by atoms with Gasteiger partial charge in [-0.1, -0.05) is 17.4 Å². The predicted octanol–water partition coefficient (Wildman–Crippen LogP) is 4.83. The second kappa shape index (κ2) is 8.42. The number of anilines is 2. The van der Waals surface area contributed by atoms with E-state index in [0.29, 0.717) is 13.1 Å². The highest BCUT2D eigenvalue weighted by Gasteiger charge is 2.27. The van der Waals surface area contributed by atoms with Crippen molar-refractivity contribution in [3.8, 4) is 11.3 Å². The molecule has 1 aliphatic heterocycles. The van der Waals surface area contributed by atoms with Crippen molar-refractivity contribution in [3.63, 3.8) is 0 Å². The largest absolute Gasteiger partial charge is 0.364 e. The van der Waals surface area contributed by atoms with E-state index in [4.69, 9.17) is 10.1 Å². The molecule has 1 amide bonds. The summed E-state index contributed by atoms with van der Waals surface area (Å²) in [6, 6.07) is 10.1. The van der Waals surface area contributed by atoms with Gasteiger partial charge in [-0.2, -0.15) is 4.52 Å². The van der Waals surface area contributed by atoms with Crippen LogP contribution in [0.1, 0.15) is 30.4 Å². The van der Waals surface area contributed by atoms with Crippen LogP contribution >= 0.6 is 22.7 Å². The lowest BCUT2D eigenvalue weighted by Crippen LogP contribution is -2.48. The molecule has 1 saturated heterocycles. The third kappa shape index (κ3) is 4.45. The van der Waals surface area contributed by atoms with Crippen LogP contribution in [0.4, 0.5) is 15.3 Å². The summed E-state index contributed by atoms with van der Waals surface area (Å²) in [6.07, 6.45) is 0. The molecular formula is C23H25FN6OS2. The molecule has 4 heterocycles. The fourth-order valence-electron chi connectivity index (χ4n) is 3.80. The molecule has 3 aromatic heterocycles. The summed E-state index contributed by atoms with van der Waals surface area (Å²) in [4.78, 5) is 23.1. The predicted molar refractivity (Wildman–Crippen MR) is 132 cm³/mol. The van der Waals surface area contributed by atoms with Gasteiger partial charge >= 0.3 is 0 Å². The van der Waals surface area contributed by atoms with Crippen LogP contribution in [0.5, 0.6) is 0 Å².